The molecule has 0 spiro atoms. The maximum atomic E-state index is 13.4. The van der Waals surface area contributed by atoms with Gasteiger partial charge in [-0.25, -0.2) is 9.59 Å². The van der Waals surface area contributed by atoms with Crippen LogP contribution in [0.3, 0.4) is 0 Å². The van der Waals surface area contributed by atoms with E-state index >= 15 is 0 Å². The van der Waals surface area contributed by atoms with Gasteiger partial charge in [-0.15, -0.1) is 0 Å². The highest BCUT2D eigenvalue weighted by Gasteiger charge is 2.37. The summed E-state index contributed by atoms with van der Waals surface area (Å²) in [4.78, 5) is 65.6. The first-order chi connectivity index (χ1) is 19.8. The largest absolute Gasteiger partial charge is 0.514 e. The third-order valence-electron chi connectivity index (χ3n) is 6.36. The highest BCUT2D eigenvalue weighted by molar-refractivity contribution is 6.38. The summed E-state index contributed by atoms with van der Waals surface area (Å²) >= 11 is 0. The van der Waals surface area contributed by atoms with Crippen molar-refractivity contribution in [2.24, 2.45) is 0 Å². The van der Waals surface area contributed by atoms with Crippen LogP contribution < -0.4 is 15.4 Å². The Hall–Kier alpha value is -5.19. The Bertz CT molecular complexity index is 1430. The quantitative estimate of drug-likeness (QED) is 0.245. The number of amides is 5. The monoisotopic (exact) mass is 557 g/mol. The number of urea groups is 1. The molecule has 211 valence electrons. The van der Waals surface area contributed by atoms with E-state index in [9.17, 15) is 24.0 Å². The lowest BCUT2D eigenvalue weighted by Crippen LogP contribution is -2.58. The topological polar surface area (TPSA) is 134 Å². The van der Waals surface area contributed by atoms with Crippen LogP contribution in [-0.4, -0.2) is 59.3 Å². The molecule has 1 unspecified atom stereocenters. The van der Waals surface area contributed by atoms with E-state index in [1.54, 1.807) is 31.2 Å². The molecule has 1 atom stereocenters. The SMILES string of the molecule is [CH2]c1ccccc1NC(=O)C(NC(=O)N1CCN(CC)C(=O)C1=O)c1ccc(OC(=O)OCc2ccccc2)cc1. The van der Waals surface area contributed by atoms with E-state index in [4.69, 9.17) is 9.47 Å². The predicted molar refractivity (Wildman–Crippen MR) is 148 cm³/mol. The van der Waals surface area contributed by atoms with Crippen LogP contribution in [0.4, 0.5) is 15.3 Å². The molecule has 11 nitrogen and oxygen atoms in total. The van der Waals surface area contributed by atoms with E-state index in [2.05, 4.69) is 17.6 Å². The first kappa shape index (κ1) is 28.8. The molecule has 5 amide bonds. The van der Waals surface area contributed by atoms with Crippen LogP contribution in [0.5, 0.6) is 5.75 Å². The molecule has 0 aromatic heterocycles. The summed E-state index contributed by atoms with van der Waals surface area (Å²) in [7, 11) is 0. The predicted octanol–water partition coefficient (Wildman–Crippen LogP) is 3.66. The fourth-order valence-electron chi connectivity index (χ4n) is 4.09. The Labute approximate surface area is 237 Å². The number of nitrogens with one attached hydrogen (secondary N) is 2. The summed E-state index contributed by atoms with van der Waals surface area (Å²) in [5.41, 5.74) is 2.11. The van der Waals surface area contributed by atoms with E-state index in [-0.39, 0.29) is 25.4 Å². The van der Waals surface area contributed by atoms with Crippen molar-refractivity contribution >= 4 is 35.6 Å². The number of carbonyl (C=O) groups excluding carboxylic acids is 5. The maximum Gasteiger partial charge on any atom is 0.514 e. The average Bonchev–Trinajstić information content (AvgIpc) is 2.98. The van der Waals surface area contributed by atoms with Gasteiger partial charge in [-0.2, -0.15) is 0 Å². The van der Waals surface area contributed by atoms with Gasteiger partial charge in [0.2, 0.25) is 0 Å². The van der Waals surface area contributed by atoms with Gasteiger partial charge in [0.25, 0.3) is 5.91 Å². The Kier molecular flexibility index (Phi) is 9.31. The molecule has 41 heavy (non-hydrogen) atoms. The second kappa shape index (κ2) is 13.2. The lowest BCUT2D eigenvalue weighted by atomic mass is 10.1. The minimum absolute atomic E-state index is 0.0157. The highest BCUT2D eigenvalue weighted by Crippen LogP contribution is 2.22. The number of hydrogen-bond donors (Lipinski definition) is 2. The molecule has 3 aromatic rings. The summed E-state index contributed by atoms with van der Waals surface area (Å²) in [6.45, 7) is 6.17. The summed E-state index contributed by atoms with van der Waals surface area (Å²) in [6, 6.07) is 19.6. The smallest absolute Gasteiger partial charge is 0.429 e. The molecule has 11 heteroatoms. The third-order valence-corrected chi connectivity index (χ3v) is 6.36. The Morgan fingerprint density at radius 1 is 0.902 bits per heavy atom. The molecule has 0 aliphatic carbocycles. The molecule has 0 saturated carbocycles. The highest BCUT2D eigenvalue weighted by atomic mass is 16.7. The lowest BCUT2D eigenvalue weighted by molar-refractivity contribution is -0.153. The Balaban J connectivity index is 1.49. The molecule has 1 radical (unpaired) electrons. The zero-order chi connectivity index (χ0) is 29.4. The van der Waals surface area contributed by atoms with Crippen LogP contribution in [-0.2, 0) is 25.7 Å². The van der Waals surface area contributed by atoms with Crippen LogP contribution >= 0.6 is 0 Å². The number of rotatable bonds is 8. The van der Waals surface area contributed by atoms with Crippen LogP contribution in [0.2, 0.25) is 0 Å². The Morgan fingerprint density at radius 2 is 1.59 bits per heavy atom. The number of benzene rings is 3. The van der Waals surface area contributed by atoms with Crippen molar-refractivity contribution < 1.29 is 33.4 Å². The number of likely N-dealkylation sites (N-methyl/N-ethyl adjacent to an activating group) is 1. The standard InChI is InChI=1S/C30H29N4O7/c1-3-33-17-18-34(28(37)27(33)36)29(38)32-25(26(35)31-24-12-8-7-9-20(24)2)22-13-15-23(16-14-22)41-30(39)40-19-21-10-5-4-6-11-21/h4-16,25H,2-3,17-19H2,1H3,(H,31,35)(H,32,38). The van der Waals surface area contributed by atoms with E-state index in [1.165, 1.54) is 29.2 Å². The van der Waals surface area contributed by atoms with Crippen LogP contribution in [0.1, 0.15) is 29.7 Å². The molecular formula is C30H29N4O7. The first-order valence-electron chi connectivity index (χ1n) is 12.9. The minimum Gasteiger partial charge on any atom is -0.429 e. The van der Waals surface area contributed by atoms with Crippen LogP contribution in [0.25, 0.3) is 0 Å². The fourth-order valence-corrected chi connectivity index (χ4v) is 4.09. The van der Waals surface area contributed by atoms with Crippen molar-refractivity contribution in [2.45, 2.75) is 19.6 Å². The molecular weight excluding hydrogens is 528 g/mol. The average molecular weight is 558 g/mol. The normalized spacial score (nSPS) is 13.8. The van der Waals surface area contributed by atoms with Crippen molar-refractivity contribution in [3.8, 4) is 5.75 Å². The molecule has 3 aromatic carbocycles. The van der Waals surface area contributed by atoms with Gasteiger partial charge in [-0.1, -0.05) is 60.7 Å². The van der Waals surface area contributed by atoms with Gasteiger partial charge in [-0.05, 0) is 48.7 Å². The van der Waals surface area contributed by atoms with Crippen molar-refractivity contribution in [1.82, 2.24) is 15.1 Å². The van der Waals surface area contributed by atoms with Crippen molar-refractivity contribution in [3.05, 3.63) is 102 Å². The van der Waals surface area contributed by atoms with Crippen molar-refractivity contribution in [1.29, 1.82) is 0 Å². The first-order valence-corrected chi connectivity index (χ1v) is 12.9. The zero-order valence-corrected chi connectivity index (χ0v) is 22.4. The Morgan fingerprint density at radius 3 is 2.27 bits per heavy atom. The van der Waals surface area contributed by atoms with Gasteiger partial charge in [0.05, 0.1) is 0 Å². The van der Waals surface area contributed by atoms with Gasteiger partial charge < -0.3 is 25.0 Å². The lowest BCUT2D eigenvalue weighted by Gasteiger charge is -2.32. The number of para-hydroxylation sites is 1. The number of anilines is 1. The minimum atomic E-state index is -1.27. The second-order valence-corrected chi connectivity index (χ2v) is 9.07. The molecule has 0 bridgehead atoms. The third kappa shape index (κ3) is 7.27. The summed E-state index contributed by atoms with van der Waals surface area (Å²) in [5, 5.41) is 5.29. The number of carbonyl (C=O) groups is 5. The van der Waals surface area contributed by atoms with Crippen LogP contribution in [0.15, 0.2) is 78.9 Å². The summed E-state index contributed by atoms with van der Waals surface area (Å²) in [6.07, 6.45) is -0.911. The molecule has 1 heterocycles. The molecule has 1 saturated heterocycles. The van der Waals surface area contributed by atoms with Gasteiger partial charge >= 0.3 is 24.0 Å². The van der Waals surface area contributed by atoms with E-state index in [0.717, 1.165) is 10.5 Å². The molecule has 2 N–H and O–H groups in total. The molecule has 1 aliphatic rings. The van der Waals surface area contributed by atoms with Crippen molar-refractivity contribution in [3.63, 3.8) is 0 Å². The van der Waals surface area contributed by atoms with Gasteiger partial charge in [0.1, 0.15) is 18.4 Å². The number of imide groups is 1. The summed E-state index contributed by atoms with van der Waals surface area (Å²) in [5.74, 6) is -2.23. The van der Waals surface area contributed by atoms with E-state index < -0.39 is 35.9 Å². The zero-order valence-electron chi connectivity index (χ0n) is 22.4. The number of piperazine rings is 1. The fraction of sp³-hybridized carbons (Fsp3) is 0.200. The maximum absolute atomic E-state index is 13.4. The van der Waals surface area contributed by atoms with Gasteiger partial charge in [0.15, 0.2) is 0 Å². The molecule has 1 fully saturated rings. The van der Waals surface area contributed by atoms with Gasteiger partial charge in [-0.3, -0.25) is 19.3 Å². The molecule has 1 aliphatic heterocycles. The van der Waals surface area contributed by atoms with E-state index in [0.29, 0.717) is 23.4 Å². The molecule has 4 rings (SSSR count). The second-order valence-electron chi connectivity index (χ2n) is 9.07. The van der Waals surface area contributed by atoms with Crippen molar-refractivity contribution in [2.75, 3.05) is 25.0 Å². The van der Waals surface area contributed by atoms with Crippen LogP contribution in [0, 0.1) is 6.92 Å². The number of nitrogens with zero attached hydrogens (tertiary/aromatic N) is 2. The number of ether oxygens (including phenoxy) is 2. The van der Waals surface area contributed by atoms with Gasteiger partial charge in [0, 0.05) is 25.3 Å². The van der Waals surface area contributed by atoms with E-state index in [1.807, 2.05) is 30.3 Å². The summed E-state index contributed by atoms with van der Waals surface area (Å²) < 4.78 is 10.3. The number of hydrogen-bond acceptors (Lipinski definition) is 7.